The minimum absolute atomic E-state index is 0.112. The molecule has 0 aliphatic carbocycles. The Labute approximate surface area is 108 Å². The number of amides is 1. The average Bonchev–Trinajstić information content (AvgIpc) is 2.70. The number of nitro benzene ring substituents is 1. The number of aromatic nitrogens is 2. The smallest absolute Gasteiger partial charge is 0.292 e. The van der Waals surface area contributed by atoms with Gasteiger partial charge in [0.25, 0.3) is 11.6 Å². The summed E-state index contributed by atoms with van der Waals surface area (Å²) in [6.07, 6.45) is 1.30. The van der Waals surface area contributed by atoms with Crippen LogP contribution in [0, 0.1) is 10.1 Å². The molecule has 2 aromatic rings. The van der Waals surface area contributed by atoms with Crippen LogP contribution in [0.1, 0.15) is 10.4 Å². The molecule has 0 radical (unpaired) electrons. The maximum absolute atomic E-state index is 12.0. The van der Waals surface area contributed by atoms with Crippen LogP contribution in [-0.4, -0.2) is 20.6 Å². The molecular weight excluding hydrogens is 250 g/mol. The zero-order valence-corrected chi connectivity index (χ0v) is 10.0. The molecule has 0 fully saturated rings. The van der Waals surface area contributed by atoms with Crippen LogP contribution in [0.3, 0.4) is 0 Å². The Morgan fingerprint density at radius 1 is 1.47 bits per heavy atom. The summed E-state index contributed by atoms with van der Waals surface area (Å²) in [5.74, 6) is -0.351. The molecule has 3 N–H and O–H groups in total. The lowest BCUT2D eigenvalue weighted by Gasteiger charge is -2.05. The van der Waals surface area contributed by atoms with E-state index in [-0.39, 0.29) is 22.8 Å². The first-order valence-electron chi connectivity index (χ1n) is 5.33. The molecule has 2 rings (SSSR count). The fourth-order valence-corrected chi connectivity index (χ4v) is 1.55. The number of aryl methyl sites for hydroxylation is 1. The van der Waals surface area contributed by atoms with Gasteiger partial charge in [0.2, 0.25) is 0 Å². The number of carbonyl (C=O) groups is 1. The van der Waals surface area contributed by atoms with Crippen LogP contribution in [0.5, 0.6) is 0 Å². The van der Waals surface area contributed by atoms with E-state index in [1.807, 2.05) is 0 Å². The van der Waals surface area contributed by atoms with Gasteiger partial charge in [-0.2, -0.15) is 5.10 Å². The number of para-hydroxylation sites is 2. The second-order valence-corrected chi connectivity index (χ2v) is 3.80. The highest BCUT2D eigenvalue weighted by atomic mass is 16.6. The number of nitrogen functional groups attached to an aromatic ring is 1. The molecular formula is C11H11N5O3. The summed E-state index contributed by atoms with van der Waals surface area (Å²) in [6.45, 7) is 0. The van der Waals surface area contributed by atoms with Crippen molar-refractivity contribution < 1.29 is 9.72 Å². The number of nitrogens with one attached hydrogen (secondary N) is 1. The Hall–Kier alpha value is -2.90. The third-order valence-electron chi connectivity index (χ3n) is 2.58. The average molecular weight is 261 g/mol. The summed E-state index contributed by atoms with van der Waals surface area (Å²) in [4.78, 5) is 22.2. The van der Waals surface area contributed by atoms with Crippen molar-refractivity contribution in [2.75, 3.05) is 11.1 Å². The van der Waals surface area contributed by atoms with Crippen LogP contribution in [0.4, 0.5) is 17.2 Å². The molecule has 8 nitrogen and oxygen atoms in total. The van der Waals surface area contributed by atoms with Crippen molar-refractivity contribution in [3.05, 3.63) is 46.1 Å². The molecule has 0 saturated heterocycles. The molecule has 98 valence electrons. The number of carbonyl (C=O) groups excluding carboxylic acids is 1. The van der Waals surface area contributed by atoms with E-state index in [1.165, 1.54) is 29.1 Å². The van der Waals surface area contributed by atoms with E-state index in [9.17, 15) is 14.9 Å². The Morgan fingerprint density at radius 2 is 2.16 bits per heavy atom. The summed E-state index contributed by atoms with van der Waals surface area (Å²) in [7, 11) is 1.59. The van der Waals surface area contributed by atoms with Gasteiger partial charge >= 0.3 is 0 Å². The highest BCUT2D eigenvalue weighted by Gasteiger charge is 2.18. The number of nitrogens with two attached hydrogens (primary N) is 1. The van der Waals surface area contributed by atoms with Gasteiger partial charge in [-0.1, -0.05) is 12.1 Å². The monoisotopic (exact) mass is 261 g/mol. The second-order valence-electron chi connectivity index (χ2n) is 3.80. The molecule has 0 aliphatic rings. The number of nitrogens with zero attached hydrogens (tertiary/aromatic N) is 3. The van der Waals surface area contributed by atoms with Crippen LogP contribution in [0.25, 0.3) is 0 Å². The van der Waals surface area contributed by atoms with Crippen LogP contribution in [-0.2, 0) is 7.05 Å². The van der Waals surface area contributed by atoms with Gasteiger partial charge in [0.15, 0.2) is 0 Å². The SMILES string of the molecule is Cn1ncc(C(=O)Nc2ccccc2[N+](=O)[O-])c1N. The molecule has 1 aromatic carbocycles. The van der Waals surface area contributed by atoms with Gasteiger partial charge < -0.3 is 11.1 Å². The van der Waals surface area contributed by atoms with Crippen molar-refractivity contribution in [3.63, 3.8) is 0 Å². The van der Waals surface area contributed by atoms with Crippen molar-refractivity contribution in [3.8, 4) is 0 Å². The fraction of sp³-hybridized carbons (Fsp3) is 0.0909. The maximum Gasteiger partial charge on any atom is 0.292 e. The first-order valence-corrected chi connectivity index (χ1v) is 5.33. The van der Waals surface area contributed by atoms with Crippen LogP contribution in [0.15, 0.2) is 30.5 Å². The second kappa shape index (κ2) is 4.77. The van der Waals surface area contributed by atoms with E-state index >= 15 is 0 Å². The maximum atomic E-state index is 12.0. The fourth-order valence-electron chi connectivity index (χ4n) is 1.55. The van der Waals surface area contributed by atoms with Gasteiger partial charge in [-0.25, -0.2) is 0 Å². The zero-order chi connectivity index (χ0) is 14.0. The molecule has 0 unspecified atom stereocenters. The first-order chi connectivity index (χ1) is 9.00. The molecule has 0 saturated carbocycles. The minimum Gasteiger partial charge on any atom is -0.383 e. The number of benzene rings is 1. The Morgan fingerprint density at radius 3 is 2.74 bits per heavy atom. The summed E-state index contributed by atoms with van der Waals surface area (Å²) >= 11 is 0. The number of anilines is 2. The molecule has 0 aliphatic heterocycles. The molecule has 1 amide bonds. The standard InChI is InChI=1S/C11H11N5O3/c1-15-10(12)7(6-13-15)11(17)14-8-4-2-3-5-9(8)16(18)19/h2-6H,12H2,1H3,(H,14,17). The molecule has 8 heteroatoms. The van der Waals surface area contributed by atoms with Gasteiger partial charge in [0.05, 0.1) is 11.1 Å². The zero-order valence-electron chi connectivity index (χ0n) is 10.0. The van der Waals surface area contributed by atoms with Gasteiger partial charge in [-0.05, 0) is 6.07 Å². The number of hydrogen-bond donors (Lipinski definition) is 2. The molecule has 0 atom stereocenters. The van der Waals surface area contributed by atoms with E-state index in [4.69, 9.17) is 5.73 Å². The summed E-state index contributed by atoms with van der Waals surface area (Å²) < 4.78 is 1.34. The van der Waals surface area contributed by atoms with E-state index in [0.717, 1.165) is 0 Å². The Balaban J connectivity index is 2.29. The van der Waals surface area contributed by atoms with Gasteiger partial charge in [-0.15, -0.1) is 0 Å². The number of rotatable bonds is 3. The van der Waals surface area contributed by atoms with E-state index in [0.29, 0.717) is 0 Å². The normalized spacial score (nSPS) is 10.2. The lowest BCUT2D eigenvalue weighted by atomic mass is 10.2. The van der Waals surface area contributed by atoms with Crippen molar-refractivity contribution in [1.82, 2.24) is 9.78 Å². The molecule has 1 aromatic heterocycles. The number of nitro groups is 1. The van der Waals surface area contributed by atoms with E-state index < -0.39 is 10.8 Å². The lowest BCUT2D eigenvalue weighted by Crippen LogP contribution is -2.14. The topological polar surface area (TPSA) is 116 Å². The summed E-state index contributed by atoms with van der Waals surface area (Å²) in [6, 6.07) is 5.87. The molecule has 1 heterocycles. The molecule has 0 spiro atoms. The minimum atomic E-state index is -0.567. The van der Waals surface area contributed by atoms with E-state index in [1.54, 1.807) is 13.1 Å². The quantitative estimate of drug-likeness (QED) is 0.635. The first kappa shape index (κ1) is 12.6. The molecule has 19 heavy (non-hydrogen) atoms. The lowest BCUT2D eigenvalue weighted by molar-refractivity contribution is -0.383. The Bertz CT molecular complexity index is 650. The van der Waals surface area contributed by atoms with Gasteiger partial charge in [0, 0.05) is 13.1 Å². The van der Waals surface area contributed by atoms with Crippen molar-refractivity contribution in [2.24, 2.45) is 7.05 Å². The number of hydrogen-bond acceptors (Lipinski definition) is 5. The Kier molecular flexibility index (Phi) is 3.15. The molecule has 0 bridgehead atoms. The summed E-state index contributed by atoms with van der Waals surface area (Å²) in [5, 5.41) is 17.1. The predicted molar refractivity (Wildman–Crippen MR) is 68.7 cm³/mol. The summed E-state index contributed by atoms with van der Waals surface area (Å²) in [5.41, 5.74) is 5.76. The highest BCUT2D eigenvalue weighted by Crippen LogP contribution is 2.24. The van der Waals surface area contributed by atoms with E-state index in [2.05, 4.69) is 10.4 Å². The third kappa shape index (κ3) is 2.37. The largest absolute Gasteiger partial charge is 0.383 e. The predicted octanol–water partition coefficient (Wildman–Crippen LogP) is 1.16. The van der Waals surface area contributed by atoms with Crippen LogP contribution < -0.4 is 11.1 Å². The van der Waals surface area contributed by atoms with Crippen molar-refractivity contribution in [1.29, 1.82) is 0 Å². The highest BCUT2D eigenvalue weighted by molar-refractivity contribution is 6.08. The van der Waals surface area contributed by atoms with Crippen molar-refractivity contribution in [2.45, 2.75) is 0 Å². The van der Waals surface area contributed by atoms with Gasteiger partial charge in [0.1, 0.15) is 17.1 Å². The van der Waals surface area contributed by atoms with Crippen LogP contribution in [0.2, 0.25) is 0 Å². The van der Waals surface area contributed by atoms with Crippen molar-refractivity contribution >= 4 is 23.1 Å². The van der Waals surface area contributed by atoms with Gasteiger partial charge in [-0.3, -0.25) is 19.6 Å². The van der Waals surface area contributed by atoms with Crippen LogP contribution >= 0.6 is 0 Å². The third-order valence-corrected chi connectivity index (χ3v) is 2.58.